The summed E-state index contributed by atoms with van der Waals surface area (Å²) in [7, 11) is 0. The summed E-state index contributed by atoms with van der Waals surface area (Å²) in [6, 6.07) is 12.2. The molecule has 0 saturated heterocycles. The highest BCUT2D eigenvalue weighted by Crippen LogP contribution is 2.32. The van der Waals surface area contributed by atoms with E-state index < -0.39 is 0 Å². The van der Waals surface area contributed by atoms with Crippen molar-refractivity contribution < 1.29 is 4.74 Å². The van der Waals surface area contributed by atoms with Crippen LogP contribution in [0.4, 0.5) is 0 Å². The van der Waals surface area contributed by atoms with Gasteiger partial charge in [-0.1, -0.05) is 53.5 Å². The Morgan fingerprint density at radius 3 is 2.62 bits per heavy atom. The second kappa shape index (κ2) is 7.30. The maximum absolute atomic E-state index is 6.16. The van der Waals surface area contributed by atoms with E-state index in [0.717, 1.165) is 22.3 Å². The van der Waals surface area contributed by atoms with Gasteiger partial charge in [0.25, 0.3) is 0 Å². The van der Waals surface area contributed by atoms with Gasteiger partial charge in [-0.05, 0) is 42.3 Å². The summed E-state index contributed by atoms with van der Waals surface area (Å²) < 4.78 is 6.89. The van der Waals surface area contributed by atoms with Crippen molar-refractivity contribution in [2.45, 2.75) is 33.4 Å². The quantitative estimate of drug-likeness (QED) is 0.730. The van der Waals surface area contributed by atoms with Crippen LogP contribution in [-0.2, 0) is 6.54 Å². The summed E-state index contributed by atoms with van der Waals surface area (Å²) in [5.41, 5.74) is 2.32. The molecule has 2 aromatic rings. The molecule has 0 bridgehead atoms. The average Bonchev–Trinajstić information content (AvgIpc) is 2.42. The van der Waals surface area contributed by atoms with Crippen molar-refractivity contribution in [2.75, 3.05) is 0 Å². The number of nitrogens with one attached hydrogen (secondary N) is 1. The second-order valence-corrected chi connectivity index (χ2v) is 6.59. The van der Waals surface area contributed by atoms with Gasteiger partial charge in [0.05, 0.1) is 5.02 Å². The molecule has 0 spiro atoms. The Bertz CT molecular complexity index is 628. The van der Waals surface area contributed by atoms with Gasteiger partial charge in [0, 0.05) is 17.1 Å². The molecule has 0 radical (unpaired) electrons. The van der Waals surface area contributed by atoms with Gasteiger partial charge in [-0.15, -0.1) is 0 Å². The molecule has 0 aliphatic heterocycles. The Labute approximate surface area is 139 Å². The molecule has 0 aliphatic carbocycles. The fraction of sp³-hybridized carbons (Fsp3) is 0.294. The molecule has 0 unspecified atom stereocenters. The summed E-state index contributed by atoms with van der Waals surface area (Å²) in [4.78, 5) is 0. The molecule has 21 heavy (non-hydrogen) atoms. The van der Waals surface area contributed by atoms with E-state index in [-0.39, 0.29) is 0 Å². The van der Waals surface area contributed by atoms with Gasteiger partial charge in [-0.2, -0.15) is 0 Å². The zero-order valence-corrected chi connectivity index (χ0v) is 14.8. The zero-order valence-electron chi connectivity index (χ0n) is 12.4. The lowest BCUT2D eigenvalue weighted by Gasteiger charge is -2.12. The molecule has 112 valence electrons. The van der Waals surface area contributed by atoms with Gasteiger partial charge < -0.3 is 10.1 Å². The molecule has 2 nitrogen and oxygen atoms in total. The second-order valence-electron chi connectivity index (χ2n) is 5.32. The highest BCUT2D eigenvalue weighted by atomic mass is 79.9. The molecule has 0 fully saturated rings. The highest BCUT2D eigenvalue weighted by Gasteiger charge is 2.07. The van der Waals surface area contributed by atoms with Crippen molar-refractivity contribution in [2.24, 2.45) is 0 Å². The molecule has 0 aliphatic rings. The lowest BCUT2D eigenvalue weighted by molar-refractivity contribution is 0.481. The maximum Gasteiger partial charge on any atom is 0.146 e. The van der Waals surface area contributed by atoms with Crippen LogP contribution in [0.2, 0.25) is 5.02 Å². The first-order valence-electron chi connectivity index (χ1n) is 6.91. The number of hydrogen-bond donors (Lipinski definition) is 1. The Morgan fingerprint density at radius 1 is 1.19 bits per heavy atom. The first kappa shape index (κ1) is 16.3. The van der Waals surface area contributed by atoms with Gasteiger partial charge in [0.1, 0.15) is 11.5 Å². The summed E-state index contributed by atoms with van der Waals surface area (Å²) in [6.07, 6.45) is 0. The van der Waals surface area contributed by atoms with Crippen LogP contribution in [-0.4, -0.2) is 6.04 Å². The van der Waals surface area contributed by atoms with Crippen LogP contribution in [0.15, 0.2) is 40.9 Å². The van der Waals surface area contributed by atoms with Crippen molar-refractivity contribution in [1.82, 2.24) is 5.32 Å². The van der Waals surface area contributed by atoms with E-state index in [1.807, 2.05) is 37.3 Å². The molecular weight excluding hydrogens is 350 g/mol. The molecule has 2 aromatic carbocycles. The molecular formula is C17H19BrClNO. The molecule has 0 amide bonds. The van der Waals surface area contributed by atoms with E-state index >= 15 is 0 Å². The van der Waals surface area contributed by atoms with Gasteiger partial charge in [-0.25, -0.2) is 0 Å². The number of hydrogen-bond acceptors (Lipinski definition) is 2. The standard InChI is InChI=1S/C17H19BrClNO/c1-11(2)20-10-13-5-6-14(9-15(13)18)21-17-8-12(3)4-7-16(17)19/h4-9,11,20H,10H2,1-3H3. The topological polar surface area (TPSA) is 21.3 Å². The van der Waals surface area contributed by atoms with Crippen LogP contribution in [0.1, 0.15) is 25.0 Å². The van der Waals surface area contributed by atoms with Gasteiger partial charge >= 0.3 is 0 Å². The molecule has 4 heteroatoms. The van der Waals surface area contributed by atoms with Crippen LogP contribution < -0.4 is 10.1 Å². The predicted molar refractivity (Wildman–Crippen MR) is 92.4 cm³/mol. The van der Waals surface area contributed by atoms with E-state index in [2.05, 4.69) is 41.2 Å². The number of ether oxygens (including phenoxy) is 1. The van der Waals surface area contributed by atoms with Crippen LogP contribution in [0.3, 0.4) is 0 Å². The van der Waals surface area contributed by atoms with Crippen LogP contribution in [0.5, 0.6) is 11.5 Å². The SMILES string of the molecule is Cc1ccc(Cl)c(Oc2ccc(CNC(C)C)c(Br)c2)c1. The minimum absolute atomic E-state index is 0.457. The van der Waals surface area contributed by atoms with Crippen molar-refractivity contribution in [3.8, 4) is 11.5 Å². The lowest BCUT2D eigenvalue weighted by atomic mass is 10.2. The van der Waals surface area contributed by atoms with Crippen LogP contribution in [0.25, 0.3) is 0 Å². The minimum Gasteiger partial charge on any atom is -0.456 e. The molecule has 0 heterocycles. The minimum atomic E-state index is 0.457. The molecule has 0 saturated carbocycles. The maximum atomic E-state index is 6.16. The normalized spacial score (nSPS) is 11.0. The third-order valence-corrected chi connectivity index (χ3v) is 4.09. The Kier molecular flexibility index (Phi) is 5.68. The fourth-order valence-electron chi connectivity index (χ4n) is 1.86. The third-order valence-electron chi connectivity index (χ3n) is 3.04. The first-order valence-corrected chi connectivity index (χ1v) is 8.08. The van der Waals surface area contributed by atoms with Gasteiger partial charge in [-0.3, -0.25) is 0 Å². The van der Waals surface area contributed by atoms with Gasteiger partial charge in [0.15, 0.2) is 0 Å². The molecule has 1 N–H and O–H groups in total. The van der Waals surface area contributed by atoms with Crippen molar-refractivity contribution in [1.29, 1.82) is 0 Å². The zero-order chi connectivity index (χ0) is 15.4. The predicted octanol–water partition coefficient (Wildman–Crippen LogP) is 5.70. The third kappa shape index (κ3) is 4.73. The van der Waals surface area contributed by atoms with Crippen molar-refractivity contribution in [3.63, 3.8) is 0 Å². The van der Waals surface area contributed by atoms with E-state index in [1.54, 1.807) is 0 Å². The van der Waals surface area contributed by atoms with Crippen LogP contribution in [0, 0.1) is 6.92 Å². The monoisotopic (exact) mass is 367 g/mol. The Hall–Kier alpha value is -1.03. The molecule has 0 atom stereocenters. The summed E-state index contributed by atoms with van der Waals surface area (Å²) in [5, 5.41) is 4.01. The Morgan fingerprint density at radius 2 is 1.95 bits per heavy atom. The number of aryl methyl sites for hydroxylation is 1. The van der Waals surface area contributed by atoms with E-state index in [1.165, 1.54) is 5.56 Å². The summed E-state index contributed by atoms with van der Waals surface area (Å²) in [5.74, 6) is 1.44. The first-order chi connectivity index (χ1) is 9.95. The largest absolute Gasteiger partial charge is 0.456 e. The van der Waals surface area contributed by atoms with Gasteiger partial charge in [0.2, 0.25) is 0 Å². The smallest absolute Gasteiger partial charge is 0.146 e. The van der Waals surface area contributed by atoms with Crippen molar-refractivity contribution >= 4 is 27.5 Å². The molecule has 2 rings (SSSR count). The lowest BCUT2D eigenvalue weighted by Crippen LogP contribution is -2.21. The summed E-state index contributed by atoms with van der Waals surface area (Å²) in [6.45, 7) is 7.10. The summed E-state index contributed by atoms with van der Waals surface area (Å²) >= 11 is 9.75. The fourth-order valence-corrected chi connectivity index (χ4v) is 2.52. The van der Waals surface area contributed by atoms with E-state index in [9.17, 15) is 0 Å². The number of benzene rings is 2. The average molecular weight is 369 g/mol. The van der Waals surface area contributed by atoms with E-state index in [0.29, 0.717) is 16.8 Å². The van der Waals surface area contributed by atoms with Crippen molar-refractivity contribution in [3.05, 3.63) is 57.0 Å². The molecule has 0 aromatic heterocycles. The Balaban J connectivity index is 2.14. The van der Waals surface area contributed by atoms with Crippen LogP contribution >= 0.6 is 27.5 Å². The number of rotatable bonds is 5. The van der Waals surface area contributed by atoms with E-state index in [4.69, 9.17) is 16.3 Å². The highest BCUT2D eigenvalue weighted by molar-refractivity contribution is 9.10. The number of halogens is 2.